The Morgan fingerprint density at radius 1 is 0.531 bits per heavy atom. The summed E-state index contributed by atoms with van der Waals surface area (Å²) >= 11 is 0. The van der Waals surface area contributed by atoms with E-state index in [9.17, 15) is 4.79 Å². The van der Waals surface area contributed by atoms with Crippen molar-refractivity contribution in [3.8, 4) is 0 Å². The van der Waals surface area contributed by atoms with Crippen LogP contribution in [0, 0.1) is 0 Å². The van der Waals surface area contributed by atoms with E-state index < -0.39 is 0 Å². The van der Waals surface area contributed by atoms with Gasteiger partial charge in [-0.05, 0) is 12.8 Å². The molecule has 2 N–H and O–H groups in total. The van der Waals surface area contributed by atoms with E-state index in [1.54, 1.807) is 0 Å². The van der Waals surface area contributed by atoms with Gasteiger partial charge in [0.1, 0.15) is 0 Å². The van der Waals surface area contributed by atoms with Crippen LogP contribution in [0.5, 0.6) is 0 Å². The second-order valence-electron chi connectivity index (χ2n) is 16.0. The van der Waals surface area contributed by atoms with Crippen molar-refractivity contribution < 1.29 is 9.37 Å². The molecule has 1 aliphatic heterocycles. The van der Waals surface area contributed by atoms with Gasteiger partial charge in [-0.15, -0.1) is 0 Å². The molecule has 290 valence electrons. The molecule has 4 heteroatoms. The topological polar surface area (TPSA) is 44.1 Å². The Bertz CT molecular complexity index is 722. The van der Waals surface area contributed by atoms with Gasteiger partial charge in [0.25, 0.3) is 0 Å². The molecule has 2 atom stereocenters. The molecule has 0 radical (unpaired) electrons. The fraction of sp³-hybridized carbons (Fsp3) is 0.956. The Hall–Kier alpha value is -0.900. The summed E-state index contributed by atoms with van der Waals surface area (Å²) < 4.78 is 2.36. The standard InChI is InChI=1S/C45H89N3O/c1-4-6-8-10-12-14-16-18-20-22-23-24-25-27-29-31-33-35-37-39-44-46-41-42-48(44)43(3)47-45(49)40-38-36-34-32-30-28-26-21-19-17-15-13-11-9-7-5-2/h42-44,46H,4-41H2,1-3H3/p+1. The molecule has 49 heavy (non-hydrogen) atoms. The van der Waals surface area contributed by atoms with E-state index in [-0.39, 0.29) is 12.1 Å². The molecular weight excluding hydrogens is 599 g/mol. The first-order valence-electron chi connectivity index (χ1n) is 22.8. The van der Waals surface area contributed by atoms with Crippen LogP contribution in [0.2, 0.25) is 0 Å². The van der Waals surface area contributed by atoms with Crippen molar-refractivity contribution in [1.82, 2.24) is 10.6 Å². The highest BCUT2D eigenvalue weighted by Gasteiger charge is 2.30. The lowest BCUT2D eigenvalue weighted by molar-refractivity contribution is -0.595. The second-order valence-corrected chi connectivity index (χ2v) is 16.0. The lowest BCUT2D eigenvalue weighted by Crippen LogP contribution is -2.46. The molecule has 0 saturated carbocycles. The summed E-state index contributed by atoms with van der Waals surface area (Å²) in [6.45, 7) is 7.67. The second kappa shape index (κ2) is 36.9. The molecule has 0 spiro atoms. The zero-order valence-corrected chi connectivity index (χ0v) is 34.0. The van der Waals surface area contributed by atoms with Crippen LogP contribution >= 0.6 is 0 Å². The molecule has 2 unspecified atom stereocenters. The Balaban J connectivity index is 1.88. The van der Waals surface area contributed by atoms with Crippen molar-refractivity contribution in [2.75, 3.05) is 6.54 Å². The summed E-state index contributed by atoms with van der Waals surface area (Å²) in [4.78, 5) is 12.6. The first-order valence-corrected chi connectivity index (χ1v) is 22.8. The van der Waals surface area contributed by atoms with Gasteiger partial charge >= 0.3 is 0 Å². The van der Waals surface area contributed by atoms with E-state index in [0.29, 0.717) is 12.6 Å². The van der Waals surface area contributed by atoms with Gasteiger partial charge in [-0.2, -0.15) is 0 Å². The molecule has 0 aliphatic carbocycles. The summed E-state index contributed by atoms with van der Waals surface area (Å²) in [5.74, 6) is 0.223. The van der Waals surface area contributed by atoms with Gasteiger partial charge in [-0.3, -0.25) is 10.1 Å². The van der Waals surface area contributed by atoms with Gasteiger partial charge in [0.2, 0.25) is 18.2 Å². The molecule has 0 aromatic carbocycles. The Kier molecular flexibility index (Phi) is 34.7. The van der Waals surface area contributed by atoms with E-state index in [1.807, 2.05) is 0 Å². The third-order valence-corrected chi connectivity index (χ3v) is 11.2. The minimum Gasteiger partial charge on any atom is -0.299 e. The number of nitrogens with zero attached hydrogens (tertiary/aromatic N) is 1. The number of amides is 1. The Morgan fingerprint density at radius 3 is 1.18 bits per heavy atom. The molecule has 0 saturated heterocycles. The maximum absolute atomic E-state index is 12.6. The first-order chi connectivity index (χ1) is 24.2. The number of rotatable bonds is 39. The number of carbonyl (C=O) groups is 1. The predicted octanol–water partition coefficient (Wildman–Crippen LogP) is 13.9. The minimum absolute atomic E-state index is 0.0777. The van der Waals surface area contributed by atoms with E-state index in [1.165, 1.54) is 225 Å². The van der Waals surface area contributed by atoms with Crippen molar-refractivity contribution in [2.45, 2.75) is 271 Å². The largest absolute Gasteiger partial charge is 0.299 e. The molecule has 4 nitrogen and oxygen atoms in total. The highest BCUT2D eigenvalue weighted by molar-refractivity contribution is 5.76. The molecule has 0 fully saturated rings. The monoisotopic (exact) mass is 689 g/mol. The van der Waals surface area contributed by atoms with Crippen molar-refractivity contribution in [2.24, 2.45) is 0 Å². The highest BCUT2D eigenvalue weighted by Crippen LogP contribution is 2.17. The van der Waals surface area contributed by atoms with E-state index in [0.717, 1.165) is 13.0 Å². The lowest BCUT2D eigenvalue weighted by Gasteiger charge is -2.17. The van der Waals surface area contributed by atoms with Gasteiger partial charge in [0.15, 0.2) is 6.21 Å². The van der Waals surface area contributed by atoms with Crippen molar-refractivity contribution in [3.63, 3.8) is 0 Å². The zero-order valence-electron chi connectivity index (χ0n) is 34.0. The Labute approximate surface area is 308 Å². The van der Waals surface area contributed by atoms with Crippen molar-refractivity contribution in [3.05, 3.63) is 0 Å². The molecule has 1 heterocycles. The number of nitrogens with one attached hydrogen (secondary N) is 2. The van der Waals surface area contributed by atoms with Crippen LogP contribution in [-0.2, 0) is 4.79 Å². The average Bonchev–Trinajstić information content (AvgIpc) is 3.58. The van der Waals surface area contributed by atoms with Gasteiger partial charge < -0.3 is 0 Å². The van der Waals surface area contributed by atoms with Crippen LogP contribution in [0.4, 0.5) is 0 Å². The summed E-state index contributed by atoms with van der Waals surface area (Å²) in [5, 5.41) is 6.92. The van der Waals surface area contributed by atoms with Gasteiger partial charge in [0.05, 0.1) is 6.54 Å². The van der Waals surface area contributed by atoms with Crippen molar-refractivity contribution in [1.29, 1.82) is 0 Å². The van der Waals surface area contributed by atoms with Crippen LogP contribution in [0.25, 0.3) is 0 Å². The van der Waals surface area contributed by atoms with E-state index in [2.05, 4.69) is 42.2 Å². The van der Waals surface area contributed by atoms with E-state index in [4.69, 9.17) is 0 Å². The van der Waals surface area contributed by atoms with Crippen LogP contribution in [-0.4, -0.2) is 35.6 Å². The summed E-state index contributed by atoms with van der Waals surface area (Å²) in [5.41, 5.74) is 0. The minimum atomic E-state index is 0.0777. The molecule has 1 amide bonds. The smallest absolute Gasteiger partial charge is 0.226 e. The molecule has 0 bridgehead atoms. The van der Waals surface area contributed by atoms with Crippen molar-refractivity contribution >= 4 is 12.1 Å². The fourth-order valence-corrected chi connectivity index (χ4v) is 7.84. The highest BCUT2D eigenvalue weighted by atomic mass is 16.1. The molecule has 1 rings (SSSR count). The third kappa shape index (κ3) is 30.4. The van der Waals surface area contributed by atoms with Crippen LogP contribution in [0.1, 0.15) is 258 Å². The van der Waals surface area contributed by atoms with Crippen LogP contribution in [0.3, 0.4) is 0 Å². The third-order valence-electron chi connectivity index (χ3n) is 11.2. The molecular formula is C45H90N3O+. The molecule has 1 aliphatic rings. The Morgan fingerprint density at radius 2 is 0.837 bits per heavy atom. The normalized spacial score (nSPS) is 15.2. The molecule has 0 aromatic heterocycles. The first kappa shape index (κ1) is 46.1. The SMILES string of the molecule is CCCCCCCCCCCCCCCCCCCCCC1NCC=[N+]1C(C)NC(=O)CCCCCCCCCCCCCCCCCC. The van der Waals surface area contributed by atoms with Gasteiger partial charge in [0, 0.05) is 19.8 Å². The maximum Gasteiger partial charge on any atom is 0.226 e. The van der Waals surface area contributed by atoms with Gasteiger partial charge in [-0.1, -0.05) is 226 Å². The quantitative estimate of drug-likeness (QED) is 0.0499. The number of hydrogen-bond acceptors (Lipinski definition) is 2. The van der Waals surface area contributed by atoms with Gasteiger partial charge in [-0.25, -0.2) is 9.89 Å². The summed E-state index contributed by atoms with van der Waals surface area (Å²) in [6, 6.07) is 0. The van der Waals surface area contributed by atoms with E-state index >= 15 is 0 Å². The summed E-state index contributed by atoms with van der Waals surface area (Å²) in [7, 11) is 0. The molecule has 0 aromatic rings. The zero-order chi connectivity index (χ0) is 35.3. The predicted molar refractivity (Wildman–Crippen MR) is 218 cm³/mol. The fourth-order valence-electron chi connectivity index (χ4n) is 7.84. The number of carbonyl (C=O) groups excluding carboxylic acids is 1. The number of unbranched alkanes of at least 4 members (excludes halogenated alkanes) is 33. The summed E-state index contributed by atoms with van der Waals surface area (Å²) in [6.07, 6.45) is 53.5. The number of hydrogen-bond donors (Lipinski definition) is 2. The van der Waals surface area contributed by atoms with Crippen LogP contribution < -0.4 is 10.6 Å². The maximum atomic E-state index is 12.6. The lowest BCUT2D eigenvalue weighted by atomic mass is 10.0. The van der Waals surface area contributed by atoms with Crippen LogP contribution in [0.15, 0.2) is 0 Å². The average molecular weight is 689 g/mol.